The SMILES string of the molecule is CC(CN)c1noc(-c2ccon2)n1. The van der Waals surface area contributed by atoms with Gasteiger partial charge in [-0.25, -0.2) is 0 Å². The topological polar surface area (TPSA) is 91.0 Å². The fourth-order valence-electron chi connectivity index (χ4n) is 0.967. The van der Waals surface area contributed by atoms with E-state index < -0.39 is 0 Å². The minimum absolute atomic E-state index is 0.0828. The molecule has 0 saturated carbocycles. The van der Waals surface area contributed by atoms with E-state index in [4.69, 9.17) is 10.3 Å². The molecule has 6 heteroatoms. The van der Waals surface area contributed by atoms with Gasteiger partial charge in [0, 0.05) is 18.5 Å². The Bertz CT molecular complexity index is 395. The molecule has 0 aliphatic heterocycles. The van der Waals surface area contributed by atoms with Crippen LogP contribution in [0.1, 0.15) is 18.7 Å². The third-order valence-electron chi connectivity index (χ3n) is 1.89. The molecule has 0 spiro atoms. The first-order valence-corrected chi connectivity index (χ1v) is 4.25. The minimum Gasteiger partial charge on any atom is -0.364 e. The Labute approximate surface area is 80.1 Å². The van der Waals surface area contributed by atoms with Crippen molar-refractivity contribution in [2.45, 2.75) is 12.8 Å². The number of rotatable bonds is 3. The Balaban J connectivity index is 2.26. The lowest BCUT2D eigenvalue weighted by molar-refractivity contribution is 0.400. The molecule has 0 aliphatic carbocycles. The van der Waals surface area contributed by atoms with Gasteiger partial charge in [0.15, 0.2) is 11.5 Å². The zero-order valence-electron chi connectivity index (χ0n) is 7.67. The first-order valence-electron chi connectivity index (χ1n) is 4.25. The molecule has 6 nitrogen and oxygen atoms in total. The van der Waals surface area contributed by atoms with E-state index in [9.17, 15) is 0 Å². The summed E-state index contributed by atoms with van der Waals surface area (Å²) in [6.45, 7) is 2.41. The molecule has 0 saturated heterocycles. The average molecular weight is 194 g/mol. The van der Waals surface area contributed by atoms with Crippen LogP contribution in [0.3, 0.4) is 0 Å². The van der Waals surface area contributed by atoms with Crippen molar-refractivity contribution in [1.29, 1.82) is 0 Å². The van der Waals surface area contributed by atoms with Gasteiger partial charge < -0.3 is 14.8 Å². The van der Waals surface area contributed by atoms with Gasteiger partial charge in [0.05, 0.1) is 0 Å². The lowest BCUT2D eigenvalue weighted by Gasteiger charge is -1.98. The number of nitrogens with zero attached hydrogens (tertiary/aromatic N) is 3. The second kappa shape index (κ2) is 3.59. The van der Waals surface area contributed by atoms with Crippen molar-refractivity contribution in [3.05, 3.63) is 18.2 Å². The van der Waals surface area contributed by atoms with Crippen LogP contribution in [0.2, 0.25) is 0 Å². The predicted octanol–water partition coefficient (Wildman–Crippen LogP) is 0.787. The van der Waals surface area contributed by atoms with Crippen LogP contribution >= 0.6 is 0 Å². The number of nitrogens with two attached hydrogens (primary N) is 1. The van der Waals surface area contributed by atoms with Crippen molar-refractivity contribution in [2.75, 3.05) is 6.54 Å². The summed E-state index contributed by atoms with van der Waals surface area (Å²) < 4.78 is 9.66. The molecule has 0 radical (unpaired) electrons. The van der Waals surface area contributed by atoms with E-state index in [2.05, 4.69) is 19.8 Å². The number of aromatic nitrogens is 3. The quantitative estimate of drug-likeness (QED) is 0.776. The Kier molecular flexibility index (Phi) is 2.28. The summed E-state index contributed by atoms with van der Waals surface area (Å²) in [5.74, 6) is 1.03. The first-order chi connectivity index (χ1) is 6.81. The molecule has 0 amide bonds. The van der Waals surface area contributed by atoms with E-state index in [-0.39, 0.29) is 5.92 Å². The second-order valence-corrected chi connectivity index (χ2v) is 2.98. The van der Waals surface area contributed by atoms with Crippen LogP contribution in [-0.2, 0) is 0 Å². The van der Waals surface area contributed by atoms with Gasteiger partial charge in [-0.3, -0.25) is 0 Å². The summed E-state index contributed by atoms with van der Waals surface area (Å²) in [5.41, 5.74) is 6.01. The van der Waals surface area contributed by atoms with E-state index in [1.807, 2.05) is 6.92 Å². The average Bonchev–Trinajstić information content (AvgIpc) is 2.86. The maximum absolute atomic E-state index is 5.48. The van der Waals surface area contributed by atoms with Crippen molar-refractivity contribution in [3.63, 3.8) is 0 Å². The molecule has 0 fully saturated rings. The summed E-state index contributed by atoms with van der Waals surface area (Å²) in [7, 11) is 0. The highest BCUT2D eigenvalue weighted by Gasteiger charge is 2.14. The van der Waals surface area contributed by atoms with Gasteiger partial charge in [0.1, 0.15) is 6.26 Å². The Hall–Kier alpha value is -1.69. The van der Waals surface area contributed by atoms with Crippen LogP contribution in [0.15, 0.2) is 21.4 Å². The fraction of sp³-hybridized carbons (Fsp3) is 0.375. The summed E-state index contributed by atoms with van der Waals surface area (Å²) in [6.07, 6.45) is 1.45. The zero-order valence-corrected chi connectivity index (χ0v) is 7.67. The molecule has 74 valence electrons. The van der Waals surface area contributed by atoms with E-state index >= 15 is 0 Å². The molecule has 0 aromatic carbocycles. The number of hydrogen-bond acceptors (Lipinski definition) is 6. The first kappa shape index (κ1) is 8.89. The maximum Gasteiger partial charge on any atom is 0.280 e. The van der Waals surface area contributed by atoms with Gasteiger partial charge in [0.25, 0.3) is 5.89 Å². The van der Waals surface area contributed by atoms with Gasteiger partial charge in [-0.15, -0.1) is 0 Å². The van der Waals surface area contributed by atoms with Crippen LogP contribution in [0.25, 0.3) is 11.6 Å². The monoisotopic (exact) mass is 194 g/mol. The van der Waals surface area contributed by atoms with Crippen LogP contribution in [0.4, 0.5) is 0 Å². The summed E-state index contributed by atoms with van der Waals surface area (Å²) in [4.78, 5) is 4.14. The van der Waals surface area contributed by atoms with E-state index in [1.165, 1.54) is 6.26 Å². The minimum atomic E-state index is 0.0828. The molecule has 0 bridgehead atoms. The molecule has 1 atom stereocenters. The van der Waals surface area contributed by atoms with Crippen LogP contribution in [0, 0.1) is 0 Å². The van der Waals surface area contributed by atoms with Gasteiger partial charge >= 0.3 is 0 Å². The van der Waals surface area contributed by atoms with Gasteiger partial charge in [-0.2, -0.15) is 4.98 Å². The highest BCUT2D eigenvalue weighted by molar-refractivity contribution is 5.44. The largest absolute Gasteiger partial charge is 0.364 e. The standard InChI is InChI=1S/C8H10N4O2/c1-5(4-9)7-10-8(14-12-7)6-2-3-13-11-6/h2-3,5H,4,9H2,1H3. The molecular weight excluding hydrogens is 184 g/mol. The molecule has 2 N–H and O–H groups in total. The van der Waals surface area contributed by atoms with Crippen molar-refractivity contribution in [3.8, 4) is 11.6 Å². The molecule has 2 rings (SSSR count). The smallest absolute Gasteiger partial charge is 0.280 e. The van der Waals surface area contributed by atoms with E-state index in [1.54, 1.807) is 6.07 Å². The summed E-state index contributed by atoms with van der Waals surface area (Å²) in [6, 6.07) is 1.66. The van der Waals surface area contributed by atoms with E-state index in [0.29, 0.717) is 24.0 Å². The third kappa shape index (κ3) is 1.51. The zero-order chi connectivity index (χ0) is 9.97. The predicted molar refractivity (Wildman–Crippen MR) is 47.3 cm³/mol. The summed E-state index contributed by atoms with van der Waals surface area (Å²) in [5, 5.41) is 7.48. The second-order valence-electron chi connectivity index (χ2n) is 2.98. The highest BCUT2D eigenvalue weighted by atomic mass is 16.5. The van der Waals surface area contributed by atoms with Crippen molar-refractivity contribution >= 4 is 0 Å². The van der Waals surface area contributed by atoms with Crippen molar-refractivity contribution in [2.24, 2.45) is 5.73 Å². The lowest BCUT2D eigenvalue weighted by atomic mass is 10.2. The van der Waals surface area contributed by atoms with E-state index in [0.717, 1.165) is 0 Å². The fourth-order valence-corrected chi connectivity index (χ4v) is 0.967. The molecular formula is C8H10N4O2. The Morgan fingerprint density at radius 1 is 1.50 bits per heavy atom. The van der Waals surface area contributed by atoms with Gasteiger partial charge in [0.2, 0.25) is 0 Å². The summed E-state index contributed by atoms with van der Waals surface area (Å²) >= 11 is 0. The number of hydrogen-bond donors (Lipinski definition) is 1. The van der Waals surface area contributed by atoms with Crippen LogP contribution in [-0.4, -0.2) is 21.8 Å². The normalized spacial score (nSPS) is 13.0. The van der Waals surface area contributed by atoms with Crippen LogP contribution in [0.5, 0.6) is 0 Å². The van der Waals surface area contributed by atoms with Crippen LogP contribution < -0.4 is 5.73 Å². The molecule has 2 aromatic heterocycles. The van der Waals surface area contributed by atoms with Gasteiger partial charge in [-0.1, -0.05) is 17.2 Å². The molecule has 2 aromatic rings. The highest BCUT2D eigenvalue weighted by Crippen LogP contribution is 2.17. The van der Waals surface area contributed by atoms with Gasteiger partial charge in [-0.05, 0) is 0 Å². The molecule has 2 heterocycles. The maximum atomic E-state index is 5.48. The van der Waals surface area contributed by atoms with Crippen molar-refractivity contribution in [1.82, 2.24) is 15.3 Å². The van der Waals surface area contributed by atoms with Crippen molar-refractivity contribution < 1.29 is 9.05 Å². The lowest BCUT2D eigenvalue weighted by Crippen LogP contribution is -2.10. The molecule has 14 heavy (non-hydrogen) atoms. The molecule has 0 aliphatic rings. The Morgan fingerprint density at radius 2 is 2.36 bits per heavy atom. The Morgan fingerprint density at radius 3 is 3.00 bits per heavy atom. The molecule has 1 unspecified atom stereocenters. The third-order valence-corrected chi connectivity index (χ3v) is 1.89.